The van der Waals surface area contributed by atoms with Crippen molar-refractivity contribution in [1.29, 1.82) is 0 Å². The Labute approximate surface area is 127 Å². The van der Waals surface area contributed by atoms with E-state index >= 15 is 0 Å². The predicted molar refractivity (Wildman–Crippen MR) is 84.1 cm³/mol. The molecule has 0 saturated carbocycles. The maximum Gasteiger partial charge on any atom is 0.220 e. The van der Waals surface area contributed by atoms with E-state index in [-0.39, 0.29) is 5.91 Å². The van der Waals surface area contributed by atoms with Crippen LogP contribution >= 0.6 is 0 Å². The third kappa shape index (κ3) is 5.50. The number of hydrogen-bond donors (Lipinski definition) is 1. The van der Waals surface area contributed by atoms with Crippen molar-refractivity contribution in [2.75, 3.05) is 20.1 Å². The molecule has 0 aliphatic carbocycles. The van der Waals surface area contributed by atoms with Gasteiger partial charge < -0.3 is 10.2 Å². The summed E-state index contributed by atoms with van der Waals surface area (Å²) in [5.41, 5.74) is 1.18. The highest BCUT2D eigenvalue weighted by atomic mass is 16.1. The standard InChI is InChI=1S/C16H28N4O/c1-14-12-18-20(13-14)11-5-9-17-16(21)8-7-15-6-3-4-10-19(15)2/h12-13,15H,3-11H2,1-2H3,(H,17,21)/t15-/m1/s1. The van der Waals surface area contributed by atoms with Gasteiger partial charge in [0.15, 0.2) is 0 Å². The van der Waals surface area contributed by atoms with Gasteiger partial charge in [-0.25, -0.2) is 0 Å². The first kappa shape index (κ1) is 16.0. The zero-order chi connectivity index (χ0) is 15.1. The van der Waals surface area contributed by atoms with Gasteiger partial charge in [-0.05, 0) is 51.8 Å². The number of likely N-dealkylation sites (tertiary alicyclic amines) is 1. The van der Waals surface area contributed by atoms with Gasteiger partial charge in [0.25, 0.3) is 0 Å². The molecule has 0 aromatic carbocycles. The molecule has 0 bridgehead atoms. The number of nitrogens with one attached hydrogen (secondary N) is 1. The van der Waals surface area contributed by atoms with Gasteiger partial charge in [0.05, 0.1) is 6.20 Å². The number of rotatable bonds is 7. The van der Waals surface area contributed by atoms with E-state index in [4.69, 9.17) is 0 Å². The minimum Gasteiger partial charge on any atom is -0.356 e. The number of carbonyl (C=O) groups is 1. The molecule has 2 heterocycles. The van der Waals surface area contributed by atoms with Crippen LogP contribution in [0.5, 0.6) is 0 Å². The van der Waals surface area contributed by atoms with Gasteiger partial charge in [-0.15, -0.1) is 0 Å². The zero-order valence-corrected chi connectivity index (χ0v) is 13.3. The average Bonchev–Trinajstić information content (AvgIpc) is 2.88. The van der Waals surface area contributed by atoms with E-state index in [1.165, 1.54) is 31.4 Å². The second-order valence-electron chi connectivity index (χ2n) is 6.15. The highest BCUT2D eigenvalue weighted by Crippen LogP contribution is 2.18. The molecule has 118 valence electrons. The van der Waals surface area contributed by atoms with Crippen LogP contribution in [-0.2, 0) is 11.3 Å². The summed E-state index contributed by atoms with van der Waals surface area (Å²) in [5.74, 6) is 0.186. The van der Waals surface area contributed by atoms with Crippen LogP contribution < -0.4 is 5.32 Å². The van der Waals surface area contributed by atoms with Gasteiger partial charge in [0, 0.05) is 31.7 Å². The minimum atomic E-state index is 0.186. The van der Waals surface area contributed by atoms with E-state index in [1.54, 1.807) is 0 Å². The third-order valence-corrected chi connectivity index (χ3v) is 4.27. The first-order chi connectivity index (χ1) is 10.1. The summed E-state index contributed by atoms with van der Waals surface area (Å²) in [4.78, 5) is 14.3. The molecule has 0 spiro atoms. The van der Waals surface area contributed by atoms with E-state index < -0.39 is 0 Å². The Kier molecular flexibility index (Phi) is 6.23. The van der Waals surface area contributed by atoms with Crippen LogP contribution in [0.25, 0.3) is 0 Å². The molecule has 0 unspecified atom stereocenters. The van der Waals surface area contributed by atoms with Crippen LogP contribution in [0.3, 0.4) is 0 Å². The number of amides is 1. The smallest absolute Gasteiger partial charge is 0.220 e. The normalized spacial score (nSPS) is 19.6. The predicted octanol–water partition coefficient (Wildman–Crippen LogP) is 1.96. The Morgan fingerprint density at radius 3 is 3.05 bits per heavy atom. The molecule has 5 nitrogen and oxygen atoms in total. The van der Waals surface area contributed by atoms with Gasteiger partial charge in [-0.2, -0.15) is 5.10 Å². The topological polar surface area (TPSA) is 50.2 Å². The largest absolute Gasteiger partial charge is 0.356 e. The number of carbonyl (C=O) groups excluding carboxylic acids is 1. The lowest BCUT2D eigenvalue weighted by molar-refractivity contribution is -0.121. The quantitative estimate of drug-likeness (QED) is 0.782. The van der Waals surface area contributed by atoms with Gasteiger partial charge >= 0.3 is 0 Å². The van der Waals surface area contributed by atoms with Crippen molar-refractivity contribution in [3.63, 3.8) is 0 Å². The van der Waals surface area contributed by atoms with E-state index in [9.17, 15) is 4.79 Å². The van der Waals surface area contributed by atoms with Gasteiger partial charge in [0.1, 0.15) is 0 Å². The Hall–Kier alpha value is -1.36. The fraction of sp³-hybridized carbons (Fsp3) is 0.750. The van der Waals surface area contributed by atoms with E-state index in [1.807, 2.05) is 24.0 Å². The Bertz CT molecular complexity index is 443. The maximum atomic E-state index is 11.9. The number of hydrogen-bond acceptors (Lipinski definition) is 3. The summed E-state index contributed by atoms with van der Waals surface area (Å²) in [6.45, 7) is 4.81. The fourth-order valence-corrected chi connectivity index (χ4v) is 2.95. The van der Waals surface area contributed by atoms with Crippen molar-refractivity contribution < 1.29 is 4.79 Å². The van der Waals surface area contributed by atoms with Gasteiger partial charge in [-0.3, -0.25) is 9.48 Å². The first-order valence-corrected chi connectivity index (χ1v) is 8.11. The van der Waals surface area contributed by atoms with Gasteiger partial charge in [0.2, 0.25) is 5.91 Å². The van der Waals surface area contributed by atoms with E-state index in [0.717, 1.165) is 25.9 Å². The number of aromatic nitrogens is 2. The number of piperidine rings is 1. The van der Waals surface area contributed by atoms with Crippen molar-refractivity contribution in [3.05, 3.63) is 18.0 Å². The molecule has 1 fully saturated rings. The van der Waals surface area contributed by atoms with Crippen molar-refractivity contribution in [2.24, 2.45) is 0 Å². The van der Waals surface area contributed by atoms with E-state index in [0.29, 0.717) is 12.5 Å². The fourth-order valence-electron chi connectivity index (χ4n) is 2.95. The van der Waals surface area contributed by atoms with Crippen LogP contribution in [-0.4, -0.2) is 46.8 Å². The molecule has 1 aromatic heterocycles. The monoisotopic (exact) mass is 292 g/mol. The maximum absolute atomic E-state index is 11.9. The van der Waals surface area contributed by atoms with Crippen molar-refractivity contribution in [3.8, 4) is 0 Å². The molecule has 1 aliphatic rings. The molecule has 1 aliphatic heterocycles. The second-order valence-corrected chi connectivity index (χ2v) is 6.15. The van der Waals surface area contributed by atoms with Crippen molar-refractivity contribution in [1.82, 2.24) is 20.0 Å². The summed E-state index contributed by atoms with van der Waals surface area (Å²) in [7, 11) is 2.17. The Balaban J connectivity index is 1.55. The summed E-state index contributed by atoms with van der Waals surface area (Å²) < 4.78 is 1.93. The van der Waals surface area contributed by atoms with Crippen LogP contribution in [0.4, 0.5) is 0 Å². The summed E-state index contributed by atoms with van der Waals surface area (Å²) in [5, 5.41) is 7.25. The summed E-state index contributed by atoms with van der Waals surface area (Å²) in [6, 6.07) is 0.594. The molecule has 0 radical (unpaired) electrons. The average molecular weight is 292 g/mol. The summed E-state index contributed by atoms with van der Waals surface area (Å²) in [6.07, 6.45) is 10.3. The zero-order valence-electron chi connectivity index (χ0n) is 13.3. The number of nitrogens with zero attached hydrogens (tertiary/aromatic N) is 3. The SMILES string of the molecule is Cc1cnn(CCCNC(=O)CC[C@H]2CCCCN2C)c1. The molecule has 5 heteroatoms. The van der Waals surface area contributed by atoms with Crippen LogP contribution in [0.1, 0.15) is 44.1 Å². The molecular weight excluding hydrogens is 264 g/mol. The van der Waals surface area contributed by atoms with Gasteiger partial charge in [-0.1, -0.05) is 6.42 Å². The Morgan fingerprint density at radius 1 is 1.48 bits per heavy atom. The van der Waals surface area contributed by atoms with Crippen LogP contribution in [0.15, 0.2) is 12.4 Å². The van der Waals surface area contributed by atoms with E-state index in [2.05, 4.69) is 22.4 Å². The molecule has 1 atom stereocenters. The Morgan fingerprint density at radius 2 is 2.33 bits per heavy atom. The third-order valence-electron chi connectivity index (χ3n) is 4.27. The summed E-state index contributed by atoms with van der Waals surface area (Å²) >= 11 is 0. The molecule has 1 N–H and O–H groups in total. The lowest BCUT2D eigenvalue weighted by atomic mass is 9.98. The highest BCUT2D eigenvalue weighted by Gasteiger charge is 2.19. The lowest BCUT2D eigenvalue weighted by Gasteiger charge is -2.32. The molecular formula is C16H28N4O. The highest BCUT2D eigenvalue weighted by molar-refractivity contribution is 5.75. The first-order valence-electron chi connectivity index (χ1n) is 8.11. The molecule has 1 saturated heterocycles. The van der Waals surface area contributed by atoms with Crippen LogP contribution in [0, 0.1) is 6.92 Å². The molecule has 21 heavy (non-hydrogen) atoms. The molecule has 1 aromatic rings. The number of aryl methyl sites for hydroxylation is 2. The van der Waals surface area contributed by atoms with Crippen molar-refractivity contribution >= 4 is 5.91 Å². The second kappa shape index (κ2) is 8.17. The molecule has 2 rings (SSSR count). The minimum absolute atomic E-state index is 0.186. The lowest BCUT2D eigenvalue weighted by Crippen LogP contribution is -2.37. The van der Waals surface area contributed by atoms with Crippen LogP contribution in [0.2, 0.25) is 0 Å². The van der Waals surface area contributed by atoms with Crippen molar-refractivity contribution in [2.45, 2.75) is 58.0 Å². The molecule has 1 amide bonds.